The minimum Gasteiger partial charge on any atom is -0.384 e. The maximum absolute atomic E-state index is 11.9. The minimum absolute atomic E-state index is 0.268. The molecule has 1 fully saturated rings. The Labute approximate surface area is 143 Å². The summed E-state index contributed by atoms with van der Waals surface area (Å²) in [5.74, 6) is 0.295. The van der Waals surface area contributed by atoms with Crippen molar-refractivity contribution in [3.63, 3.8) is 0 Å². The molecule has 1 saturated heterocycles. The van der Waals surface area contributed by atoms with E-state index in [4.69, 9.17) is 17.3 Å². The van der Waals surface area contributed by atoms with E-state index in [1.54, 1.807) is 12.3 Å². The lowest BCUT2D eigenvalue weighted by Crippen LogP contribution is -2.29. The van der Waals surface area contributed by atoms with Crippen LogP contribution in [0.4, 0.5) is 10.9 Å². The molecule has 0 bridgehead atoms. The summed E-state index contributed by atoms with van der Waals surface area (Å²) in [7, 11) is 0. The van der Waals surface area contributed by atoms with Crippen LogP contribution in [0.25, 0.3) is 0 Å². The highest BCUT2D eigenvalue weighted by Crippen LogP contribution is 2.30. The molecule has 0 atom stereocenters. The number of aromatic nitrogens is 2. The summed E-state index contributed by atoms with van der Waals surface area (Å²) in [4.78, 5) is 19.3. The van der Waals surface area contributed by atoms with Gasteiger partial charge in [0.05, 0.1) is 11.1 Å². The molecule has 122 valence electrons. The van der Waals surface area contributed by atoms with Crippen LogP contribution in [0.5, 0.6) is 0 Å². The lowest BCUT2D eigenvalue weighted by atomic mass is 10.1. The van der Waals surface area contributed by atoms with E-state index in [2.05, 4.69) is 15.0 Å². The van der Waals surface area contributed by atoms with Crippen molar-refractivity contribution in [3.8, 4) is 0 Å². The number of pyridine rings is 1. The number of nitrogen functional groups attached to an aromatic ring is 1. The van der Waals surface area contributed by atoms with Crippen molar-refractivity contribution in [1.82, 2.24) is 9.66 Å². The molecule has 8 heteroatoms. The fourth-order valence-corrected chi connectivity index (χ4v) is 3.73. The number of anilines is 2. The Bertz CT molecular complexity index is 792. The molecule has 3 rings (SSSR count). The van der Waals surface area contributed by atoms with Crippen LogP contribution in [0.3, 0.4) is 0 Å². The van der Waals surface area contributed by atoms with Crippen molar-refractivity contribution < 1.29 is 0 Å². The van der Waals surface area contributed by atoms with Gasteiger partial charge >= 0.3 is 0 Å². The molecule has 0 aromatic carbocycles. The lowest BCUT2D eigenvalue weighted by Gasteiger charge is -2.25. The first-order chi connectivity index (χ1) is 11.0. The average molecular weight is 352 g/mol. The second-order valence-electron chi connectivity index (χ2n) is 5.55. The van der Waals surface area contributed by atoms with Crippen LogP contribution >= 0.6 is 22.9 Å². The van der Waals surface area contributed by atoms with Crippen LogP contribution in [0.15, 0.2) is 22.0 Å². The molecule has 2 aromatic heterocycles. The number of piperidine rings is 1. The van der Waals surface area contributed by atoms with Crippen LogP contribution in [0.2, 0.25) is 5.15 Å². The molecule has 2 N–H and O–H groups in total. The van der Waals surface area contributed by atoms with E-state index in [-0.39, 0.29) is 5.56 Å². The zero-order valence-electron chi connectivity index (χ0n) is 12.8. The average Bonchev–Trinajstić information content (AvgIpc) is 2.88. The van der Waals surface area contributed by atoms with Crippen molar-refractivity contribution in [2.75, 3.05) is 23.7 Å². The van der Waals surface area contributed by atoms with Crippen LogP contribution in [0.1, 0.15) is 29.7 Å². The van der Waals surface area contributed by atoms with Gasteiger partial charge in [-0.1, -0.05) is 22.9 Å². The summed E-state index contributed by atoms with van der Waals surface area (Å²) in [5, 5.41) is 5.46. The normalized spacial score (nSPS) is 15.5. The fraction of sp³-hybridized carbons (Fsp3) is 0.400. The lowest BCUT2D eigenvalue weighted by molar-refractivity contribution is 0.577. The summed E-state index contributed by atoms with van der Waals surface area (Å²) in [6.45, 7) is 3.83. The predicted molar refractivity (Wildman–Crippen MR) is 96.0 cm³/mol. The van der Waals surface area contributed by atoms with Crippen LogP contribution in [0, 0.1) is 6.92 Å². The van der Waals surface area contributed by atoms with Gasteiger partial charge in [-0.3, -0.25) is 4.79 Å². The summed E-state index contributed by atoms with van der Waals surface area (Å²) in [6, 6.07) is 3.19. The van der Waals surface area contributed by atoms with Gasteiger partial charge < -0.3 is 10.6 Å². The Kier molecular flexibility index (Phi) is 4.68. The molecular formula is C15H18ClN5OS. The number of thiazole rings is 1. The molecule has 0 saturated carbocycles. The SMILES string of the molecule is Cc1cc(N)n(N=Cc2sc(N3CCCCC3)nc2Cl)c(=O)c1. The molecular weight excluding hydrogens is 334 g/mol. The second-order valence-corrected chi connectivity index (χ2v) is 6.92. The molecule has 0 radical (unpaired) electrons. The van der Waals surface area contributed by atoms with E-state index in [0.717, 1.165) is 33.3 Å². The van der Waals surface area contributed by atoms with E-state index >= 15 is 0 Å². The molecule has 0 aliphatic carbocycles. The van der Waals surface area contributed by atoms with Gasteiger partial charge in [0.25, 0.3) is 5.56 Å². The van der Waals surface area contributed by atoms with Crippen LogP contribution in [-0.2, 0) is 0 Å². The van der Waals surface area contributed by atoms with Gasteiger partial charge in [0, 0.05) is 19.2 Å². The maximum Gasteiger partial charge on any atom is 0.273 e. The highest BCUT2D eigenvalue weighted by Gasteiger charge is 2.16. The molecule has 3 heterocycles. The number of halogens is 1. The highest BCUT2D eigenvalue weighted by molar-refractivity contribution is 7.17. The largest absolute Gasteiger partial charge is 0.384 e. The van der Waals surface area contributed by atoms with Crippen molar-refractivity contribution in [3.05, 3.63) is 38.1 Å². The summed E-state index contributed by atoms with van der Waals surface area (Å²) in [6.07, 6.45) is 5.16. The number of rotatable bonds is 3. The van der Waals surface area contributed by atoms with Gasteiger partial charge in [-0.15, -0.1) is 0 Å². The standard InChI is InChI=1S/C15H18ClN5OS/c1-10-7-12(17)21(13(22)8-10)18-9-11-14(16)19-15(23-11)20-5-3-2-4-6-20/h7-9H,2-6,17H2,1H3. The Balaban J connectivity index is 1.86. The first kappa shape index (κ1) is 16.0. The molecule has 23 heavy (non-hydrogen) atoms. The third-order valence-corrected chi connectivity index (χ3v) is 5.15. The minimum atomic E-state index is -0.268. The number of nitrogens with zero attached hydrogens (tertiary/aromatic N) is 4. The van der Waals surface area contributed by atoms with E-state index in [1.807, 2.05) is 6.92 Å². The Morgan fingerprint density at radius 2 is 2.09 bits per heavy atom. The van der Waals surface area contributed by atoms with Crippen LogP contribution in [-0.4, -0.2) is 29.0 Å². The highest BCUT2D eigenvalue weighted by atomic mass is 35.5. The van der Waals surface area contributed by atoms with E-state index < -0.39 is 0 Å². The Morgan fingerprint density at radius 1 is 1.35 bits per heavy atom. The Hall–Kier alpha value is -1.86. The van der Waals surface area contributed by atoms with E-state index in [1.165, 1.54) is 36.7 Å². The smallest absolute Gasteiger partial charge is 0.273 e. The zero-order chi connectivity index (χ0) is 16.4. The molecule has 0 spiro atoms. The van der Waals surface area contributed by atoms with Gasteiger partial charge in [-0.25, -0.2) is 4.98 Å². The van der Waals surface area contributed by atoms with Crippen molar-refractivity contribution >= 4 is 40.1 Å². The molecule has 0 amide bonds. The molecule has 6 nitrogen and oxygen atoms in total. The third-order valence-electron chi connectivity index (χ3n) is 3.70. The molecule has 2 aromatic rings. The Morgan fingerprint density at radius 3 is 2.78 bits per heavy atom. The first-order valence-electron chi connectivity index (χ1n) is 7.49. The van der Waals surface area contributed by atoms with Crippen molar-refractivity contribution in [2.24, 2.45) is 5.10 Å². The van der Waals surface area contributed by atoms with Gasteiger partial charge in [0.2, 0.25) is 0 Å². The summed E-state index contributed by atoms with van der Waals surface area (Å²) >= 11 is 7.68. The monoisotopic (exact) mass is 351 g/mol. The van der Waals surface area contributed by atoms with Gasteiger partial charge in [-0.2, -0.15) is 9.78 Å². The summed E-state index contributed by atoms with van der Waals surface area (Å²) in [5.41, 5.74) is 6.38. The van der Waals surface area contributed by atoms with E-state index in [9.17, 15) is 4.79 Å². The maximum atomic E-state index is 11.9. The van der Waals surface area contributed by atoms with Crippen molar-refractivity contribution in [2.45, 2.75) is 26.2 Å². The number of hydrogen-bond donors (Lipinski definition) is 1. The van der Waals surface area contributed by atoms with Crippen molar-refractivity contribution in [1.29, 1.82) is 0 Å². The van der Waals surface area contributed by atoms with Gasteiger partial charge in [0.1, 0.15) is 5.82 Å². The third kappa shape index (κ3) is 3.56. The number of nitrogens with two attached hydrogens (primary N) is 1. The van der Waals surface area contributed by atoms with Gasteiger partial charge in [0.15, 0.2) is 10.3 Å². The van der Waals surface area contributed by atoms with Crippen LogP contribution < -0.4 is 16.2 Å². The second kappa shape index (κ2) is 6.72. The topological polar surface area (TPSA) is 76.5 Å². The molecule has 0 unspecified atom stereocenters. The number of aryl methyl sites for hydroxylation is 1. The predicted octanol–water partition coefficient (Wildman–Crippen LogP) is 2.72. The van der Waals surface area contributed by atoms with Gasteiger partial charge in [-0.05, 0) is 37.8 Å². The fourth-order valence-electron chi connectivity index (χ4n) is 2.56. The number of hydrogen-bond acceptors (Lipinski definition) is 6. The molecule has 1 aliphatic rings. The summed E-state index contributed by atoms with van der Waals surface area (Å²) < 4.78 is 1.16. The molecule has 1 aliphatic heterocycles. The van der Waals surface area contributed by atoms with E-state index in [0.29, 0.717) is 11.0 Å². The quantitative estimate of drug-likeness (QED) is 0.862. The first-order valence-corrected chi connectivity index (χ1v) is 8.69. The zero-order valence-corrected chi connectivity index (χ0v) is 14.4.